The molecule has 1 aliphatic heterocycles. The Morgan fingerprint density at radius 2 is 1.55 bits per heavy atom. The van der Waals surface area contributed by atoms with Crippen molar-refractivity contribution in [2.24, 2.45) is 0 Å². The predicted molar refractivity (Wildman–Crippen MR) is 81.8 cm³/mol. The number of nitrogens with zero attached hydrogens (tertiary/aromatic N) is 1. The van der Waals surface area contributed by atoms with Crippen molar-refractivity contribution in [3.05, 3.63) is 71.8 Å². The van der Waals surface area contributed by atoms with E-state index < -0.39 is 0 Å². The largest absolute Gasteiger partial charge is 0.395 e. The minimum absolute atomic E-state index is 0.233. The fraction of sp³-hybridized carbons (Fsp3) is 0.333. The molecule has 0 radical (unpaired) electrons. The lowest BCUT2D eigenvalue weighted by Crippen LogP contribution is -2.52. The van der Waals surface area contributed by atoms with Crippen LogP contribution in [0.5, 0.6) is 0 Å². The average molecular weight is 267 g/mol. The Kier molecular flexibility index (Phi) is 4.14. The zero-order valence-electron chi connectivity index (χ0n) is 11.7. The molecule has 1 N–H and O–H groups in total. The van der Waals surface area contributed by atoms with Gasteiger partial charge in [-0.25, -0.2) is 0 Å². The van der Waals surface area contributed by atoms with E-state index in [1.165, 1.54) is 11.1 Å². The highest BCUT2D eigenvalue weighted by atomic mass is 16.3. The van der Waals surface area contributed by atoms with Crippen molar-refractivity contribution in [3.63, 3.8) is 0 Å². The van der Waals surface area contributed by atoms with Crippen LogP contribution < -0.4 is 0 Å². The Morgan fingerprint density at radius 1 is 0.950 bits per heavy atom. The van der Waals surface area contributed by atoms with Crippen molar-refractivity contribution < 1.29 is 5.11 Å². The van der Waals surface area contributed by atoms with Gasteiger partial charge in [0.2, 0.25) is 0 Å². The van der Waals surface area contributed by atoms with Crippen molar-refractivity contribution in [1.82, 2.24) is 4.90 Å². The molecule has 1 aliphatic rings. The number of likely N-dealkylation sites (tertiary alicyclic amines) is 1. The second kappa shape index (κ2) is 6.21. The van der Waals surface area contributed by atoms with Gasteiger partial charge in [0.15, 0.2) is 0 Å². The van der Waals surface area contributed by atoms with Gasteiger partial charge < -0.3 is 5.11 Å². The lowest BCUT2D eigenvalue weighted by molar-refractivity contribution is 0.0534. The van der Waals surface area contributed by atoms with Crippen LogP contribution in [0, 0.1) is 0 Å². The minimum atomic E-state index is 0.233. The lowest BCUT2D eigenvalue weighted by Gasteiger charge is -2.44. The van der Waals surface area contributed by atoms with Crippen LogP contribution in [0.3, 0.4) is 0 Å². The molecule has 0 saturated carbocycles. The van der Waals surface area contributed by atoms with E-state index >= 15 is 0 Å². The topological polar surface area (TPSA) is 23.5 Å². The third-order valence-corrected chi connectivity index (χ3v) is 4.22. The molecule has 3 rings (SSSR count). The summed E-state index contributed by atoms with van der Waals surface area (Å²) in [7, 11) is 0. The number of rotatable bonds is 5. The van der Waals surface area contributed by atoms with Crippen LogP contribution in [-0.4, -0.2) is 35.7 Å². The molecule has 2 nitrogen and oxygen atoms in total. The molecule has 0 aromatic heterocycles. The summed E-state index contributed by atoms with van der Waals surface area (Å²) in [6.07, 6.45) is 0.929. The first-order valence-electron chi connectivity index (χ1n) is 7.30. The first-order chi connectivity index (χ1) is 9.86. The zero-order valence-corrected chi connectivity index (χ0v) is 11.7. The summed E-state index contributed by atoms with van der Waals surface area (Å²) >= 11 is 0. The van der Waals surface area contributed by atoms with Gasteiger partial charge in [0.25, 0.3) is 0 Å². The van der Waals surface area contributed by atoms with Crippen LogP contribution in [0.1, 0.15) is 17.0 Å². The van der Waals surface area contributed by atoms with E-state index in [1.54, 1.807) is 0 Å². The van der Waals surface area contributed by atoms with Gasteiger partial charge in [-0.3, -0.25) is 4.90 Å². The van der Waals surface area contributed by atoms with Crippen LogP contribution in [0.2, 0.25) is 0 Å². The first-order valence-corrected chi connectivity index (χ1v) is 7.30. The van der Waals surface area contributed by atoms with Gasteiger partial charge in [-0.1, -0.05) is 60.7 Å². The number of hydrogen-bond acceptors (Lipinski definition) is 2. The van der Waals surface area contributed by atoms with Crippen LogP contribution in [0.4, 0.5) is 0 Å². The summed E-state index contributed by atoms with van der Waals surface area (Å²) in [6, 6.07) is 21.3. The molecular weight excluding hydrogens is 246 g/mol. The maximum Gasteiger partial charge on any atom is 0.0590 e. The highest BCUT2D eigenvalue weighted by molar-refractivity contribution is 5.23. The van der Waals surface area contributed by atoms with Gasteiger partial charge in [0.1, 0.15) is 0 Å². The standard InChI is InChI=1S/C18H21NO/c20-14-18(11-15-7-3-1-4-8-15)19-12-17(13-19)16-9-5-2-6-10-16/h1-10,17-18,20H,11-14H2/t18-/m1/s1. The predicted octanol–water partition coefficient (Wildman–Crippen LogP) is 2.69. The molecule has 0 unspecified atom stereocenters. The second-order valence-corrected chi connectivity index (χ2v) is 5.59. The summed E-state index contributed by atoms with van der Waals surface area (Å²) in [5.74, 6) is 0.626. The summed E-state index contributed by atoms with van der Waals surface area (Å²) in [5.41, 5.74) is 2.72. The fourth-order valence-electron chi connectivity index (χ4n) is 2.94. The summed E-state index contributed by atoms with van der Waals surface area (Å²) in [4.78, 5) is 2.39. The molecule has 0 bridgehead atoms. The molecule has 0 aliphatic carbocycles. The summed E-state index contributed by atoms with van der Waals surface area (Å²) in [5, 5.41) is 9.64. The molecule has 104 valence electrons. The Hall–Kier alpha value is -1.64. The Bertz CT molecular complexity index is 520. The number of benzene rings is 2. The van der Waals surface area contributed by atoms with Crippen LogP contribution in [-0.2, 0) is 6.42 Å². The quantitative estimate of drug-likeness (QED) is 0.900. The van der Waals surface area contributed by atoms with Crippen molar-refractivity contribution in [2.75, 3.05) is 19.7 Å². The molecule has 2 aromatic carbocycles. The van der Waals surface area contributed by atoms with E-state index in [2.05, 4.69) is 59.5 Å². The van der Waals surface area contributed by atoms with Gasteiger partial charge in [-0.2, -0.15) is 0 Å². The third-order valence-electron chi connectivity index (χ3n) is 4.22. The van der Waals surface area contributed by atoms with Gasteiger partial charge in [0, 0.05) is 25.0 Å². The molecule has 2 aromatic rings. The molecule has 1 atom stereocenters. The number of aliphatic hydroxyl groups is 1. The first kappa shape index (κ1) is 13.3. The maximum atomic E-state index is 9.64. The maximum absolute atomic E-state index is 9.64. The second-order valence-electron chi connectivity index (χ2n) is 5.59. The van der Waals surface area contributed by atoms with Crippen molar-refractivity contribution in [2.45, 2.75) is 18.4 Å². The van der Waals surface area contributed by atoms with E-state index in [-0.39, 0.29) is 12.6 Å². The molecule has 2 heteroatoms. The Labute approximate surface area is 120 Å². The molecule has 0 spiro atoms. The molecule has 1 saturated heterocycles. The Morgan fingerprint density at radius 3 is 2.15 bits per heavy atom. The fourth-order valence-corrected chi connectivity index (χ4v) is 2.94. The molecular formula is C18H21NO. The van der Waals surface area contributed by atoms with Crippen molar-refractivity contribution >= 4 is 0 Å². The van der Waals surface area contributed by atoms with Gasteiger partial charge in [-0.05, 0) is 17.5 Å². The highest BCUT2D eigenvalue weighted by Gasteiger charge is 2.32. The average Bonchev–Trinajstić information content (AvgIpc) is 2.47. The van der Waals surface area contributed by atoms with E-state index in [0.29, 0.717) is 5.92 Å². The number of aliphatic hydroxyl groups excluding tert-OH is 1. The highest BCUT2D eigenvalue weighted by Crippen LogP contribution is 2.29. The third kappa shape index (κ3) is 2.92. The zero-order chi connectivity index (χ0) is 13.8. The lowest BCUT2D eigenvalue weighted by atomic mass is 9.89. The Balaban J connectivity index is 1.57. The van der Waals surface area contributed by atoms with Crippen LogP contribution in [0.15, 0.2) is 60.7 Å². The smallest absolute Gasteiger partial charge is 0.0590 e. The van der Waals surface area contributed by atoms with Crippen LogP contribution >= 0.6 is 0 Å². The summed E-state index contributed by atoms with van der Waals surface area (Å²) in [6.45, 7) is 2.35. The number of hydrogen-bond donors (Lipinski definition) is 1. The molecule has 0 amide bonds. The molecule has 20 heavy (non-hydrogen) atoms. The van der Waals surface area contributed by atoms with E-state index in [0.717, 1.165) is 19.5 Å². The van der Waals surface area contributed by atoms with E-state index in [9.17, 15) is 5.11 Å². The SMILES string of the molecule is OC[C@@H](Cc1ccccc1)N1CC(c2ccccc2)C1. The van der Waals surface area contributed by atoms with Gasteiger partial charge in [0.05, 0.1) is 6.61 Å². The molecule has 1 fully saturated rings. The van der Waals surface area contributed by atoms with Crippen molar-refractivity contribution in [3.8, 4) is 0 Å². The molecule has 1 heterocycles. The monoisotopic (exact) mass is 267 g/mol. The summed E-state index contributed by atoms with van der Waals surface area (Å²) < 4.78 is 0. The van der Waals surface area contributed by atoms with Crippen molar-refractivity contribution in [1.29, 1.82) is 0 Å². The van der Waals surface area contributed by atoms with E-state index in [4.69, 9.17) is 0 Å². The minimum Gasteiger partial charge on any atom is -0.395 e. The van der Waals surface area contributed by atoms with Gasteiger partial charge in [-0.15, -0.1) is 0 Å². The van der Waals surface area contributed by atoms with Crippen LogP contribution in [0.25, 0.3) is 0 Å². The van der Waals surface area contributed by atoms with E-state index in [1.807, 2.05) is 6.07 Å². The van der Waals surface area contributed by atoms with Gasteiger partial charge >= 0.3 is 0 Å². The normalized spacial score (nSPS) is 17.6.